The fraction of sp³-hybridized carbons (Fsp3) is 0.471. The Bertz CT molecular complexity index is 742. The van der Waals surface area contributed by atoms with E-state index in [1.807, 2.05) is 0 Å². The van der Waals surface area contributed by atoms with E-state index in [4.69, 9.17) is 9.15 Å². The number of ether oxygens (including phenoxy) is 1. The second kappa shape index (κ2) is 5.74. The van der Waals surface area contributed by atoms with Crippen molar-refractivity contribution in [2.24, 2.45) is 0 Å². The van der Waals surface area contributed by atoms with Gasteiger partial charge in [0, 0.05) is 17.0 Å². The van der Waals surface area contributed by atoms with Gasteiger partial charge in [0.2, 0.25) is 0 Å². The molecule has 1 fully saturated rings. The second-order valence-electron chi connectivity index (χ2n) is 6.32. The van der Waals surface area contributed by atoms with E-state index in [1.54, 1.807) is 19.1 Å². The molecule has 0 amide bonds. The third-order valence-electron chi connectivity index (χ3n) is 4.20. The first-order valence-electron chi connectivity index (χ1n) is 7.67. The molecule has 0 radical (unpaired) electrons. The van der Waals surface area contributed by atoms with Gasteiger partial charge in [0.05, 0.1) is 0 Å². The molecular formula is C17H22NO4+. The largest absolute Gasteiger partial charge is 0.508 e. The van der Waals surface area contributed by atoms with Crippen LogP contribution in [0.5, 0.6) is 5.75 Å². The number of rotatable bonds is 2. The Hall–Kier alpha value is -1.85. The molecule has 3 atom stereocenters. The predicted octanol–water partition coefficient (Wildman–Crippen LogP) is 0.999. The van der Waals surface area contributed by atoms with Crippen LogP contribution in [0.1, 0.15) is 25.0 Å². The number of morpholine rings is 1. The molecule has 1 unspecified atom stereocenters. The van der Waals surface area contributed by atoms with Crippen LogP contribution in [-0.4, -0.2) is 30.4 Å². The van der Waals surface area contributed by atoms with Crippen molar-refractivity contribution in [2.45, 2.75) is 39.5 Å². The summed E-state index contributed by atoms with van der Waals surface area (Å²) in [6, 6.07) is 4.94. The van der Waals surface area contributed by atoms with Gasteiger partial charge in [-0.15, -0.1) is 0 Å². The van der Waals surface area contributed by atoms with E-state index in [0.717, 1.165) is 30.6 Å². The summed E-state index contributed by atoms with van der Waals surface area (Å²) in [5, 5.41) is 10.8. The number of quaternary nitrogens is 1. The molecule has 1 aromatic heterocycles. The van der Waals surface area contributed by atoms with Crippen molar-refractivity contribution >= 4 is 11.0 Å². The lowest BCUT2D eigenvalue weighted by Gasteiger charge is -2.32. The van der Waals surface area contributed by atoms with Crippen LogP contribution in [0, 0.1) is 6.92 Å². The standard InChI is InChI=1S/C17H21NO4/c1-10-4-16-14(6-15(10)19)13(5-17(20)22-16)9-18-7-11(2)21-12(3)8-18/h4-6,11-12,19H,7-9H2,1-3H3/p+1/t11-,12+. The van der Waals surface area contributed by atoms with Crippen molar-refractivity contribution in [1.29, 1.82) is 0 Å². The first kappa shape index (κ1) is 15.1. The van der Waals surface area contributed by atoms with E-state index in [0.29, 0.717) is 11.1 Å². The summed E-state index contributed by atoms with van der Waals surface area (Å²) in [5.41, 5.74) is 1.81. The van der Waals surface area contributed by atoms with Gasteiger partial charge in [0.1, 0.15) is 43.2 Å². The molecule has 2 aromatic rings. The molecule has 0 saturated carbocycles. The zero-order valence-electron chi connectivity index (χ0n) is 13.2. The van der Waals surface area contributed by atoms with Gasteiger partial charge in [-0.3, -0.25) is 0 Å². The van der Waals surface area contributed by atoms with Gasteiger partial charge < -0.3 is 19.2 Å². The smallest absolute Gasteiger partial charge is 0.336 e. The Morgan fingerprint density at radius 2 is 1.91 bits per heavy atom. The van der Waals surface area contributed by atoms with E-state index in [2.05, 4.69) is 13.8 Å². The summed E-state index contributed by atoms with van der Waals surface area (Å²) in [4.78, 5) is 13.2. The third kappa shape index (κ3) is 3.00. The Labute approximate surface area is 129 Å². The van der Waals surface area contributed by atoms with Gasteiger partial charge in [-0.05, 0) is 38.5 Å². The number of fused-ring (bicyclic) bond motifs is 1. The van der Waals surface area contributed by atoms with Crippen LogP contribution >= 0.6 is 0 Å². The minimum absolute atomic E-state index is 0.209. The summed E-state index contributed by atoms with van der Waals surface area (Å²) in [6.07, 6.45) is 0.418. The molecule has 2 N–H and O–H groups in total. The topological polar surface area (TPSA) is 64.1 Å². The van der Waals surface area contributed by atoms with Crippen molar-refractivity contribution < 1.29 is 19.2 Å². The number of hydrogen-bond donors (Lipinski definition) is 2. The monoisotopic (exact) mass is 304 g/mol. The second-order valence-corrected chi connectivity index (χ2v) is 6.32. The number of benzene rings is 1. The van der Waals surface area contributed by atoms with Crippen molar-refractivity contribution in [1.82, 2.24) is 0 Å². The summed E-state index contributed by atoms with van der Waals surface area (Å²) in [6.45, 7) is 8.47. The third-order valence-corrected chi connectivity index (χ3v) is 4.20. The van der Waals surface area contributed by atoms with E-state index < -0.39 is 0 Å². The van der Waals surface area contributed by atoms with Crippen LogP contribution in [0.4, 0.5) is 0 Å². The molecule has 2 heterocycles. The average molecular weight is 304 g/mol. The molecule has 1 saturated heterocycles. The number of phenolic OH excluding ortho intramolecular Hbond substituents is 1. The van der Waals surface area contributed by atoms with Gasteiger partial charge in [-0.25, -0.2) is 4.79 Å². The summed E-state index contributed by atoms with van der Waals surface area (Å²) in [5.74, 6) is 0.223. The molecule has 1 aromatic carbocycles. The Balaban J connectivity index is 1.99. The quantitative estimate of drug-likeness (QED) is 0.813. The van der Waals surface area contributed by atoms with Crippen molar-refractivity contribution in [2.75, 3.05) is 13.1 Å². The van der Waals surface area contributed by atoms with Crippen LogP contribution in [0.15, 0.2) is 27.4 Å². The minimum Gasteiger partial charge on any atom is -0.508 e. The number of aromatic hydroxyl groups is 1. The molecule has 0 aliphatic carbocycles. The average Bonchev–Trinajstić information content (AvgIpc) is 2.39. The number of aryl methyl sites for hydroxylation is 1. The maximum Gasteiger partial charge on any atom is 0.336 e. The van der Waals surface area contributed by atoms with Crippen LogP contribution < -0.4 is 10.5 Å². The van der Waals surface area contributed by atoms with Crippen LogP contribution in [0.3, 0.4) is 0 Å². The molecule has 5 nitrogen and oxygen atoms in total. The van der Waals surface area contributed by atoms with Gasteiger partial charge in [-0.2, -0.15) is 0 Å². The van der Waals surface area contributed by atoms with Crippen molar-refractivity contribution in [3.63, 3.8) is 0 Å². The highest BCUT2D eigenvalue weighted by Gasteiger charge is 2.26. The van der Waals surface area contributed by atoms with Crippen molar-refractivity contribution in [3.8, 4) is 5.75 Å². The predicted molar refractivity (Wildman–Crippen MR) is 83.3 cm³/mol. The summed E-state index contributed by atoms with van der Waals surface area (Å²) < 4.78 is 11.0. The lowest BCUT2D eigenvalue weighted by Crippen LogP contribution is -3.14. The van der Waals surface area contributed by atoms with Crippen molar-refractivity contribution in [3.05, 3.63) is 39.7 Å². The van der Waals surface area contributed by atoms with Gasteiger partial charge in [-0.1, -0.05) is 0 Å². The summed E-state index contributed by atoms with van der Waals surface area (Å²) >= 11 is 0. The van der Waals surface area contributed by atoms with Crippen LogP contribution in [0.25, 0.3) is 11.0 Å². The van der Waals surface area contributed by atoms with Crippen LogP contribution in [-0.2, 0) is 11.3 Å². The van der Waals surface area contributed by atoms with Crippen LogP contribution in [0.2, 0.25) is 0 Å². The molecule has 118 valence electrons. The molecule has 0 spiro atoms. The SMILES string of the molecule is Cc1cc2oc(=O)cc(C[NH+]3C[C@@H](C)O[C@@H](C)C3)c2cc1O. The number of hydrogen-bond acceptors (Lipinski definition) is 4. The molecule has 3 rings (SSSR count). The first-order valence-corrected chi connectivity index (χ1v) is 7.67. The molecule has 5 heteroatoms. The Morgan fingerprint density at radius 1 is 1.23 bits per heavy atom. The summed E-state index contributed by atoms with van der Waals surface area (Å²) in [7, 11) is 0. The van der Waals surface area contributed by atoms with Gasteiger partial charge in [0.15, 0.2) is 0 Å². The molecule has 1 aliphatic rings. The van der Waals surface area contributed by atoms with E-state index in [9.17, 15) is 9.90 Å². The highest BCUT2D eigenvalue weighted by molar-refractivity contribution is 5.82. The maximum atomic E-state index is 11.8. The zero-order valence-corrected chi connectivity index (χ0v) is 13.2. The maximum absolute atomic E-state index is 11.8. The minimum atomic E-state index is -0.346. The number of phenols is 1. The number of nitrogens with one attached hydrogen (secondary N) is 1. The van der Waals surface area contributed by atoms with E-state index >= 15 is 0 Å². The highest BCUT2D eigenvalue weighted by atomic mass is 16.5. The van der Waals surface area contributed by atoms with Gasteiger partial charge in [0.25, 0.3) is 0 Å². The lowest BCUT2D eigenvalue weighted by atomic mass is 10.1. The molecular weight excluding hydrogens is 282 g/mol. The Morgan fingerprint density at radius 3 is 2.59 bits per heavy atom. The normalized spacial score (nSPS) is 25.5. The fourth-order valence-electron chi connectivity index (χ4n) is 3.31. The van der Waals surface area contributed by atoms with E-state index in [1.165, 1.54) is 11.0 Å². The molecule has 22 heavy (non-hydrogen) atoms. The zero-order chi connectivity index (χ0) is 15.9. The molecule has 1 aliphatic heterocycles. The molecule has 0 bridgehead atoms. The van der Waals surface area contributed by atoms with Gasteiger partial charge >= 0.3 is 5.63 Å². The highest BCUT2D eigenvalue weighted by Crippen LogP contribution is 2.25. The Kier molecular flexibility index (Phi) is 3.93. The van der Waals surface area contributed by atoms with E-state index in [-0.39, 0.29) is 23.6 Å². The fourth-order valence-corrected chi connectivity index (χ4v) is 3.31. The first-order chi connectivity index (χ1) is 10.4. The lowest BCUT2D eigenvalue weighted by molar-refractivity contribution is -0.928.